The van der Waals surface area contributed by atoms with E-state index in [4.69, 9.17) is 16.3 Å². The molecule has 0 fully saturated rings. The second-order valence-electron chi connectivity index (χ2n) is 5.50. The van der Waals surface area contributed by atoms with Crippen LogP contribution in [-0.2, 0) is 11.2 Å². The number of amides is 2. The van der Waals surface area contributed by atoms with Crippen molar-refractivity contribution in [1.29, 1.82) is 0 Å². The van der Waals surface area contributed by atoms with Crippen molar-refractivity contribution in [2.45, 2.75) is 6.42 Å². The summed E-state index contributed by atoms with van der Waals surface area (Å²) in [6.07, 6.45) is 0.796. The molecular weight excluding hydrogens is 316 g/mol. The van der Waals surface area contributed by atoms with E-state index < -0.39 is 0 Å². The lowest BCUT2D eigenvalue weighted by Crippen LogP contribution is -2.31. The van der Waals surface area contributed by atoms with Gasteiger partial charge < -0.3 is 15.0 Å². The van der Waals surface area contributed by atoms with E-state index in [1.807, 2.05) is 12.1 Å². The van der Waals surface area contributed by atoms with Crippen molar-refractivity contribution in [3.8, 4) is 5.75 Å². The van der Waals surface area contributed by atoms with Crippen LogP contribution in [0.1, 0.15) is 15.9 Å². The van der Waals surface area contributed by atoms with Crippen molar-refractivity contribution in [3.63, 3.8) is 0 Å². The molecule has 5 nitrogen and oxygen atoms in total. The Morgan fingerprint density at radius 2 is 2.13 bits per heavy atom. The predicted molar refractivity (Wildman–Crippen MR) is 87.4 cm³/mol. The molecule has 0 saturated heterocycles. The van der Waals surface area contributed by atoms with Crippen LogP contribution in [0.4, 0.5) is 11.4 Å². The van der Waals surface area contributed by atoms with E-state index >= 15 is 0 Å². The Balaban J connectivity index is 1.74. The lowest BCUT2D eigenvalue weighted by Gasteiger charge is -2.23. The topological polar surface area (TPSA) is 58.6 Å². The molecule has 2 aliphatic heterocycles. The quantitative estimate of drug-likeness (QED) is 0.875. The number of fused-ring (bicyclic) bond motifs is 2. The van der Waals surface area contributed by atoms with E-state index in [1.54, 1.807) is 29.2 Å². The van der Waals surface area contributed by atoms with Crippen molar-refractivity contribution in [2.24, 2.45) is 0 Å². The van der Waals surface area contributed by atoms with Crippen LogP contribution in [0.2, 0.25) is 5.02 Å². The molecule has 1 N–H and O–H groups in total. The molecule has 0 spiro atoms. The van der Waals surface area contributed by atoms with Crippen LogP contribution in [0.25, 0.3) is 0 Å². The molecular formula is C17H13ClN2O3. The van der Waals surface area contributed by atoms with E-state index in [0.717, 1.165) is 17.7 Å². The Labute approximate surface area is 137 Å². The summed E-state index contributed by atoms with van der Waals surface area (Å²) in [7, 11) is 0. The molecule has 0 aromatic heterocycles. The van der Waals surface area contributed by atoms with Crippen LogP contribution < -0.4 is 15.0 Å². The second-order valence-corrected chi connectivity index (χ2v) is 5.94. The molecule has 2 heterocycles. The summed E-state index contributed by atoms with van der Waals surface area (Å²) in [6.45, 7) is 0.518. The van der Waals surface area contributed by atoms with Crippen LogP contribution in [0.3, 0.4) is 0 Å². The van der Waals surface area contributed by atoms with Crippen LogP contribution in [0.15, 0.2) is 36.4 Å². The van der Waals surface area contributed by atoms with E-state index in [9.17, 15) is 9.59 Å². The van der Waals surface area contributed by atoms with Crippen molar-refractivity contribution in [1.82, 2.24) is 0 Å². The molecule has 0 saturated carbocycles. The Bertz CT molecular complexity index is 835. The summed E-state index contributed by atoms with van der Waals surface area (Å²) in [5.74, 6) is 0.0481. The number of halogens is 1. The van der Waals surface area contributed by atoms with Crippen molar-refractivity contribution in [3.05, 3.63) is 52.5 Å². The lowest BCUT2D eigenvalue weighted by atomic mass is 10.1. The molecule has 2 aliphatic rings. The summed E-state index contributed by atoms with van der Waals surface area (Å²) < 4.78 is 5.47. The van der Waals surface area contributed by atoms with Gasteiger partial charge >= 0.3 is 0 Å². The minimum atomic E-state index is -0.222. The Kier molecular flexibility index (Phi) is 3.23. The fraction of sp³-hybridized carbons (Fsp3) is 0.176. The molecule has 2 aromatic rings. The second kappa shape index (κ2) is 5.28. The highest BCUT2D eigenvalue weighted by molar-refractivity contribution is 6.31. The highest BCUT2D eigenvalue weighted by atomic mass is 35.5. The Hall–Kier alpha value is -2.53. The van der Waals surface area contributed by atoms with Gasteiger partial charge in [-0.2, -0.15) is 0 Å². The Morgan fingerprint density at radius 3 is 3.00 bits per heavy atom. The predicted octanol–water partition coefficient (Wildman–Crippen LogP) is 2.87. The molecule has 0 radical (unpaired) electrons. The maximum absolute atomic E-state index is 13.0. The molecule has 23 heavy (non-hydrogen) atoms. The summed E-state index contributed by atoms with van der Waals surface area (Å²) in [6, 6.07) is 10.7. The van der Waals surface area contributed by atoms with Crippen molar-refractivity contribution >= 4 is 34.8 Å². The maximum Gasteiger partial charge on any atom is 0.262 e. The standard InChI is InChI=1S/C17H13ClN2O3/c18-11-5-4-10-6-7-20(14(10)8-11)17(22)12-2-1-3-13-16(12)23-9-15(21)19-13/h1-5,8H,6-7,9H2,(H,19,21). The number of hydrogen-bond acceptors (Lipinski definition) is 3. The fourth-order valence-electron chi connectivity index (χ4n) is 2.99. The average Bonchev–Trinajstić information content (AvgIpc) is 2.96. The number of benzene rings is 2. The fourth-order valence-corrected chi connectivity index (χ4v) is 3.16. The van der Waals surface area contributed by atoms with Gasteiger partial charge in [0, 0.05) is 17.3 Å². The highest BCUT2D eigenvalue weighted by Crippen LogP contribution is 2.36. The van der Waals surface area contributed by atoms with Crippen LogP contribution in [0, 0.1) is 0 Å². The van der Waals surface area contributed by atoms with Crippen LogP contribution in [0.5, 0.6) is 5.75 Å². The third-order valence-electron chi connectivity index (χ3n) is 4.06. The first-order valence-electron chi connectivity index (χ1n) is 7.29. The van der Waals surface area contributed by atoms with Gasteiger partial charge in [-0.05, 0) is 36.2 Å². The van der Waals surface area contributed by atoms with E-state index in [-0.39, 0.29) is 18.4 Å². The third-order valence-corrected chi connectivity index (χ3v) is 4.29. The molecule has 116 valence electrons. The van der Waals surface area contributed by atoms with Gasteiger partial charge in [0.15, 0.2) is 12.4 Å². The minimum absolute atomic E-state index is 0.0836. The van der Waals surface area contributed by atoms with Crippen LogP contribution in [-0.4, -0.2) is 25.0 Å². The number of anilines is 2. The molecule has 0 bridgehead atoms. The van der Waals surface area contributed by atoms with Gasteiger partial charge in [0.05, 0.1) is 11.3 Å². The zero-order valence-electron chi connectivity index (χ0n) is 12.1. The normalized spacial score (nSPS) is 15.5. The summed E-state index contributed by atoms with van der Waals surface area (Å²) in [4.78, 5) is 26.1. The van der Waals surface area contributed by atoms with Gasteiger partial charge in [0.1, 0.15) is 0 Å². The van der Waals surface area contributed by atoms with Crippen molar-refractivity contribution in [2.75, 3.05) is 23.4 Å². The number of nitrogens with zero attached hydrogens (tertiary/aromatic N) is 1. The van der Waals surface area contributed by atoms with Gasteiger partial charge in [-0.3, -0.25) is 9.59 Å². The zero-order chi connectivity index (χ0) is 16.0. The monoisotopic (exact) mass is 328 g/mol. The van der Waals surface area contributed by atoms with Crippen molar-refractivity contribution < 1.29 is 14.3 Å². The minimum Gasteiger partial charge on any atom is -0.481 e. The maximum atomic E-state index is 13.0. The number of nitrogens with one attached hydrogen (secondary N) is 1. The Morgan fingerprint density at radius 1 is 1.26 bits per heavy atom. The first-order valence-corrected chi connectivity index (χ1v) is 7.67. The third kappa shape index (κ3) is 2.33. The van der Waals surface area contributed by atoms with Gasteiger partial charge in [0.2, 0.25) is 0 Å². The highest BCUT2D eigenvalue weighted by Gasteiger charge is 2.30. The molecule has 4 rings (SSSR count). The summed E-state index contributed by atoms with van der Waals surface area (Å²) in [5, 5.41) is 3.32. The van der Waals surface area contributed by atoms with Gasteiger partial charge in [-0.15, -0.1) is 0 Å². The first-order chi connectivity index (χ1) is 11.1. The number of carbonyl (C=O) groups is 2. The number of ether oxygens (including phenoxy) is 1. The van der Waals surface area contributed by atoms with Gasteiger partial charge in [-0.25, -0.2) is 0 Å². The molecule has 0 unspecified atom stereocenters. The molecule has 2 aromatic carbocycles. The van der Waals surface area contributed by atoms with E-state index in [0.29, 0.717) is 28.6 Å². The smallest absolute Gasteiger partial charge is 0.262 e. The number of para-hydroxylation sites is 1. The number of rotatable bonds is 1. The average molecular weight is 329 g/mol. The zero-order valence-corrected chi connectivity index (χ0v) is 12.9. The van der Waals surface area contributed by atoms with E-state index in [1.165, 1.54) is 0 Å². The van der Waals surface area contributed by atoms with Gasteiger partial charge in [0.25, 0.3) is 11.8 Å². The van der Waals surface area contributed by atoms with Gasteiger partial charge in [-0.1, -0.05) is 23.7 Å². The lowest BCUT2D eigenvalue weighted by molar-refractivity contribution is -0.118. The SMILES string of the molecule is O=C1COc2c(cccc2C(=O)N2CCc3ccc(Cl)cc32)N1. The summed E-state index contributed by atoms with van der Waals surface area (Å²) in [5.41, 5.74) is 2.90. The molecule has 2 amide bonds. The van der Waals surface area contributed by atoms with Crippen LogP contribution >= 0.6 is 11.6 Å². The van der Waals surface area contributed by atoms with E-state index in [2.05, 4.69) is 5.32 Å². The summed E-state index contributed by atoms with van der Waals surface area (Å²) >= 11 is 6.06. The molecule has 0 aliphatic carbocycles. The first kappa shape index (κ1) is 14.1. The largest absolute Gasteiger partial charge is 0.481 e. The number of hydrogen-bond donors (Lipinski definition) is 1. The number of carbonyl (C=O) groups excluding carboxylic acids is 2. The molecule has 0 atom stereocenters. The molecule has 6 heteroatoms.